The molecule has 1 aromatic heterocycles. The lowest BCUT2D eigenvalue weighted by Crippen LogP contribution is -2.35. The number of hydrogen-bond acceptors (Lipinski definition) is 5. The number of pyridine rings is 1. The topological polar surface area (TPSA) is 108 Å². The zero-order valence-corrected chi connectivity index (χ0v) is 22.1. The fourth-order valence-electron chi connectivity index (χ4n) is 3.84. The van der Waals surface area contributed by atoms with Crippen LogP contribution in [0.15, 0.2) is 59.8 Å². The van der Waals surface area contributed by atoms with Gasteiger partial charge in [0.2, 0.25) is 0 Å². The van der Waals surface area contributed by atoms with Gasteiger partial charge in [0.25, 0.3) is 10.0 Å². The molecular formula is C27H32FN3O4S. The minimum absolute atomic E-state index is 0.114. The molecule has 0 spiro atoms. The van der Waals surface area contributed by atoms with Crippen LogP contribution in [0.3, 0.4) is 0 Å². The summed E-state index contributed by atoms with van der Waals surface area (Å²) in [4.78, 5) is 16.7. The number of sulfonamides is 1. The monoisotopic (exact) mass is 513 g/mol. The van der Waals surface area contributed by atoms with Crippen LogP contribution >= 0.6 is 0 Å². The van der Waals surface area contributed by atoms with Crippen LogP contribution in [0, 0.1) is 5.82 Å². The van der Waals surface area contributed by atoms with Crippen molar-refractivity contribution >= 4 is 21.7 Å². The number of hydrogen-bond donors (Lipinski definition) is 3. The van der Waals surface area contributed by atoms with Crippen molar-refractivity contribution in [2.24, 2.45) is 0 Å². The Labute approximate surface area is 211 Å². The van der Waals surface area contributed by atoms with Crippen molar-refractivity contribution in [1.29, 1.82) is 0 Å². The van der Waals surface area contributed by atoms with E-state index in [1.807, 2.05) is 27.7 Å². The summed E-state index contributed by atoms with van der Waals surface area (Å²) in [7, 11) is -4.33. The van der Waals surface area contributed by atoms with Gasteiger partial charge in [-0.15, -0.1) is 0 Å². The Bertz CT molecular complexity index is 1340. The van der Waals surface area contributed by atoms with Gasteiger partial charge in [0, 0.05) is 18.1 Å². The van der Waals surface area contributed by atoms with Gasteiger partial charge >= 0.3 is 6.03 Å². The SMILES string of the molecule is CC(C)c1cc(F)cc(C(C)C)c1NC(=O)NS(=O)(=O)c1cc(-c2ccncc2)cc(C(C)(C)O)c1. The average Bonchev–Trinajstić information content (AvgIpc) is 2.79. The molecule has 192 valence electrons. The first-order valence-electron chi connectivity index (χ1n) is 11.6. The summed E-state index contributed by atoms with van der Waals surface area (Å²) in [5, 5.41) is 13.2. The minimum Gasteiger partial charge on any atom is -0.386 e. The van der Waals surface area contributed by atoms with Crippen molar-refractivity contribution in [2.75, 3.05) is 5.32 Å². The highest BCUT2D eigenvalue weighted by molar-refractivity contribution is 7.90. The van der Waals surface area contributed by atoms with Crippen molar-refractivity contribution in [3.05, 3.63) is 77.4 Å². The smallest absolute Gasteiger partial charge is 0.333 e. The lowest BCUT2D eigenvalue weighted by molar-refractivity contribution is 0.0784. The highest BCUT2D eigenvalue weighted by Crippen LogP contribution is 2.34. The molecule has 0 aliphatic rings. The van der Waals surface area contributed by atoms with Gasteiger partial charge in [-0.1, -0.05) is 27.7 Å². The molecule has 0 unspecified atom stereocenters. The molecule has 1 heterocycles. The molecule has 2 aromatic carbocycles. The van der Waals surface area contributed by atoms with Gasteiger partial charge in [-0.05, 0) is 96.0 Å². The van der Waals surface area contributed by atoms with Crippen molar-refractivity contribution < 1.29 is 22.7 Å². The molecule has 0 atom stereocenters. The molecular weight excluding hydrogens is 481 g/mol. The van der Waals surface area contributed by atoms with Crippen molar-refractivity contribution in [3.8, 4) is 11.1 Å². The number of aromatic nitrogens is 1. The van der Waals surface area contributed by atoms with Crippen LogP contribution in [-0.2, 0) is 15.6 Å². The molecule has 0 saturated heterocycles. The summed E-state index contributed by atoms with van der Waals surface area (Å²) in [5.74, 6) is -0.652. The zero-order valence-electron chi connectivity index (χ0n) is 21.3. The summed E-state index contributed by atoms with van der Waals surface area (Å²) < 4.78 is 42.8. The Morgan fingerprint density at radius 3 is 2.00 bits per heavy atom. The molecule has 3 N–H and O–H groups in total. The van der Waals surface area contributed by atoms with Gasteiger partial charge in [0.15, 0.2) is 0 Å². The third kappa shape index (κ3) is 6.27. The molecule has 3 rings (SSSR count). The van der Waals surface area contributed by atoms with Crippen LogP contribution in [0.25, 0.3) is 11.1 Å². The number of carbonyl (C=O) groups excluding carboxylic acids is 1. The fourth-order valence-corrected chi connectivity index (χ4v) is 4.82. The van der Waals surface area contributed by atoms with E-state index in [4.69, 9.17) is 0 Å². The predicted molar refractivity (Wildman–Crippen MR) is 139 cm³/mol. The third-order valence-electron chi connectivity index (χ3n) is 5.81. The van der Waals surface area contributed by atoms with Gasteiger partial charge in [-0.2, -0.15) is 0 Å². The molecule has 0 aliphatic carbocycles. The van der Waals surface area contributed by atoms with E-state index in [1.165, 1.54) is 24.3 Å². The molecule has 0 fully saturated rings. The Morgan fingerprint density at radius 1 is 0.944 bits per heavy atom. The molecule has 0 radical (unpaired) electrons. The molecule has 0 saturated carbocycles. The number of benzene rings is 2. The number of halogens is 1. The van der Waals surface area contributed by atoms with Crippen LogP contribution in [0.2, 0.25) is 0 Å². The van der Waals surface area contributed by atoms with E-state index in [0.29, 0.717) is 33.5 Å². The maximum Gasteiger partial charge on any atom is 0.333 e. The fraction of sp³-hybridized carbons (Fsp3) is 0.333. The third-order valence-corrected chi connectivity index (χ3v) is 7.12. The number of aliphatic hydroxyl groups is 1. The lowest BCUT2D eigenvalue weighted by atomic mass is 9.92. The maximum absolute atomic E-state index is 14.2. The molecule has 9 heteroatoms. The zero-order chi connectivity index (χ0) is 26.8. The molecule has 36 heavy (non-hydrogen) atoms. The second-order valence-corrected chi connectivity index (χ2v) is 11.6. The van der Waals surface area contributed by atoms with E-state index in [-0.39, 0.29) is 16.7 Å². The number of amides is 2. The summed E-state index contributed by atoms with van der Waals surface area (Å²) in [6.45, 7) is 10.5. The Kier molecular flexibility index (Phi) is 7.85. The highest BCUT2D eigenvalue weighted by atomic mass is 32.2. The average molecular weight is 514 g/mol. The standard InChI is InChI=1S/C27H32FN3O4S/c1-16(2)23-14-21(28)15-24(17(3)4)25(23)30-26(32)31-36(34,35)22-12-19(18-7-9-29-10-8-18)11-20(13-22)27(5,6)33/h7-17,33H,1-6H3,(H2,30,31,32). The van der Waals surface area contributed by atoms with E-state index in [9.17, 15) is 22.7 Å². The van der Waals surface area contributed by atoms with Crippen molar-refractivity contribution in [3.63, 3.8) is 0 Å². The summed E-state index contributed by atoms with van der Waals surface area (Å²) in [6, 6.07) is 9.60. The maximum atomic E-state index is 14.2. The van der Waals surface area contributed by atoms with Crippen LogP contribution in [0.5, 0.6) is 0 Å². The van der Waals surface area contributed by atoms with E-state index < -0.39 is 27.5 Å². The summed E-state index contributed by atoms with van der Waals surface area (Å²) in [5.41, 5.74) is 1.79. The van der Waals surface area contributed by atoms with Crippen molar-refractivity contribution in [2.45, 2.75) is 63.9 Å². The second kappa shape index (κ2) is 10.4. The molecule has 0 aliphatic heterocycles. The largest absolute Gasteiger partial charge is 0.386 e. The minimum atomic E-state index is -4.33. The Morgan fingerprint density at radius 2 is 1.50 bits per heavy atom. The van der Waals surface area contributed by atoms with Gasteiger partial charge in [-0.25, -0.2) is 22.3 Å². The van der Waals surface area contributed by atoms with E-state index in [1.54, 1.807) is 44.4 Å². The number of nitrogens with one attached hydrogen (secondary N) is 2. The van der Waals surface area contributed by atoms with Gasteiger partial charge in [0.05, 0.1) is 10.5 Å². The first kappa shape index (κ1) is 27.3. The molecule has 0 bridgehead atoms. The van der Waals surface area contributed by atoms with Crippen LogP contribution in [0.1, 0.15) is 70.1 Å². The quantitative estimate of drug-likeness (QED) is 0.366. The lowest BCUT2D eigenvalue weighted by Gasteiger charge is -2.22. The van der Waals surface area contributed by atoms with Gasteiger partial charge < -0.3 is 10.4 Å². The summed E-state index contributed by atoms with van der Waals surface area (Å²) in [6.07, 6.45) is 3.15. The van der Waals surface area contributed by atoms with E-state index >= 15 is 0 Å². The number of carbonyl (C=O) groups is 1. The number of rotatable bonds is 7. The second-order valence-electron chi connectivity index (χ2n) is 9.87. The van der Waals surface area contributed by atoms with Gasteiger partial charge in [-0.3, -0.25) is 4.98 Å². The van der Waals surface area contributed by atoms with Crippen LogP contribution < -0.4 is 10.0 Å². The Hall–Kier alpha value is -3.30. The number of urea groups is 1. The van der Waals surface area contributed by atoms with Crippen LogP contribution in [0.4, 0.5) is 14.9 Å². The molecule has 2 amide bonds. The number of nitrogens with zero attached hydrogens (tertiary/aromatic N) is 1. The first-order valence-corrected chi connectivity index (χ1v) is 13.1. The van der Waals surface area contributed by atoms with E-state index in [0.717, 1.165) is 0 Å². The highest BCUT2D eigenvalue weighted by Gasteiger charge is 2.25. The predicted octanol–water partition coefficient (Wildman–Crippen LogP) is 5.87. The molecule has 7 nitrogen and oxygen atoms in total. The summed E-state index contributed by atoms with van der Waals surface area (Å²) >= 11 is 0. The Balaban J connectivity index is 2.00. The normalized spacial score (nSPS) is 12.2. The van der Waals surface area contributed by atoms with Gasteiger partial charge in [0.1, 0.15) is 5.82 Å². The first-order chi connectivity index (χ1) is 16.7. The number of anilines is 1. The van der Waals surface area contributed by atoms with E-state index in [2.05, 4.69) is 15.0 Å². The van der Waals surface area contributed by atoms with Crippen LogP contribution in [-0.4, -0.2) is 24.5 Å². The molecule has 3 aromatic rings. The van der Waals surface area contributed by atoms with Crippen molar-refractivity contribution in [1.82, 2.24) is 9.71 Å².